The Morgan fingerprint density at radius 1 is 1.19 bits per heavy atom. The smallest absolute Gasteiger partial charge is 0.279 e. The van der Waals surface area contributed by atoms with E-state index in [1.807, 2.05) is 11.9 Å². The summed E-state index contributed by atoms with van der Waals surface area (Å²) < 4.78 is 13.2. The van der Waals surface area contributed by atoms with Crippen molar-refractivity contribution in [2.75, 3.05) is 38.5 Å². The number of rotatable bonds is 5. The van der Waals surface area contributed by atoms with Crippen LogP contribution in [0.15, 0.2) is 24.3 Å². The summed E-state index contributed by atoms with van der Waals surface area (Å²) >= 11 is 0. The highest BCUT2D eigenvalue weighted by Crippen LogP contribution is 2.35. The van der Waals surface area contributed by atoms with E-state index in [4.69, 9.17) is 0 Å². The third-order valence-corrected chi connectivity index (χ3v) is 5.67. The minimum absolute atomic E-state index is 0.130. The Kier molecular flexibility index (Phi) is 6.25. The number of hydrogen-bond acceptors (Lipinski definition) is 2. The first-order chi connectivity index (χ1) is 12.5. The monoisotopic (exact) mass is 362 g/mol. The molecule has 1 aromatic rings. The SMILES string of the molecule is C[NH+](CC(=O)Nc1cccc(F)c1)CC(=O)N1CC[C@H]2CCCC[C@@H]2C1. The number of likely N-dealkylation sites (N-methyl/N-ethyl adjacent to an activating group) is 1. The number of piperidine rings is 1. The molecular weight excluding hydrogens is 333 g/mol. The molecule has 26 heavy (non-hydrogen) atoms. The summed E-state index contributed by atoms with van der Waals surface area (Å²) in [5.41, 5.74) is 0.438. The quantitative estimate of drug-likeness (QED) is 0.830. The topological polar surface area (TPSA) is 53.9 Å². The predicted octanol–water partition coefficient (Wildman–Crippen LogP) is 1.32. The summed E-state index contributed by atoms with van der Waals surface area (Å²) in [6.07, 6.45) is 6.30. The van der Waals surface area contributed by atoms with Crippen molar-refractivity contribution in [2.24, 2.45) is 11.8 Å². The molecule has 142 valence electrons. The Morgan fingerprint density at radius 3 is 2.73 bits per heavy atom. The van der Waals surface area contributed by atoms with E-state index in [9.17, 15) is 14.0 Å². The number of halogens is 1. The summed E-state index contributed by atoms with van der Waals surface area (Å²) in [6.45, 7) is 2.23. The molecule has 2 aliphatic rings. The van der Waals surface area contributed by atoms with Gasteiger partial charge in [0.1, 0.15) is 5.82 Å². The van der Waals surface area contributed by atoms with E-state index < -0.39 is 0 Å². The molecule has 2 N–H and O–H groups in total. The second-order valence-corrected chi connectivity index (χ2v) is 7.80. The molecule has 0 radical (unpaired) electrons. The molecule has 0 bridgehead atoms. The van der Waals surface area contributed by atoms with Crippen LogP contribution < -0.4 is 10.2 Å². The Hall–Kier alpha value is -1.95. The second-order valence-electron chi connectivity index (χ2n) is 7.80. The molecule has 5 nitrogen and oxygen atoms in total. The normalized spacial score (nSPS) is 23.8. The van der Waals surface area contributed by atoms with Crippen molar-refractivity contribution in [3.63, 3.8) is 0 Å². The molecule has 1 saturated carbocycles. The number of nitrogens with zero attached hydrogens (tertiary/aromatic N) is 1. The van der Waals surface area contributed by atoms with E-state index in [1.54, 1.807) is 12.1 Å². The summed E-state index contributed by atoms with van der Waals surface area (Å²) in [6, 6.07) is 5.82. The highest BCUT2D eigenvalue weighted by Gasteiger charge is 2.33. The number of carbonyl (C=O) groups excluding carboxylic acids is 2. The highest BCUT2D eigenvalue weighted by molar-refractivity contribution is 5.91. The van der Waals surface area contributed by atoms with Gasteiger partial charge in [0, 0.05) is 18.8 Å². The molecule has 0 spiro atoms. The van der Waals surface area contributed by atoms with Crippen molar-refractivity contribution in [1.29, 1.82) is 0 Å². The Labute approximate surface area is 154 Å². The molecule has 1 heterocycles. The van der Waals surface area contributed by atoms with Crippen LogP contribution in [0.1, 0.15) is 32.1 Å². The molecule has 2 fully saturated rings. The van der Waals surface area contributed by atoms with Crippen LogP contribution in [-0.4, -0.2) is 49.9 Å². The van der Waals surface area contributed by atoms with Crippen LogP contribution in [0.5, 0.6) is 0 Å². The zero-order valence-electron chi connectivity index (χ0n) is 15.5. The molecule has 1 saturated heterocycles. The van der Waals surface area contributed by atoms with Crippen LogP contribution in [0.4, 0.5) is 10.1 Å². The van der Waals surface area contributed by atoms with Gasteiger partial charge in [0.25, 0.3) is 11.8 Å². The van der Waals surface area contributed by atoms with Crippen molar-refractivity contribution in [2.45, 2.75) is 32.1 Å². The molecule has 1 aliphatic heterocycles. The molecule has 3 atom stereocenters. The number of likely N-dealkylation sites (tertiary alicyclic amines) is 1. The van der Waals surface area contributed by atoms with E-state index in [-0.39, 0.29) is 24.2 Å². The maximum Gasteiger partial charge on any atom is 0.279 e. The average molecular weight is 362 g/mol. The lowest BCUT2D eigenvalue weighted by Crippen LogP contribution is -3.11. The van der Waals surface area contributed by atoms with Crippen molar-refractivity contribution >= 4 is 17.5 Å². The third-order valence-electron chi connectivity index (χ3n) is 5.67. The van der Waals surface area contributed by atoms with E-state index >= 15 is 0 Å². The Bertz CT molecular complexity index is 652. The zero-order chi connectivity index (χ0) is 18.5. The number of nitrogens with one attached hydrogen (secondary N) is 2. The van der Waals surface area contributed by atoms with Gasteiger partial charge >= 0.3 is 0 Å². The largest absolute Gasteiger partial charge is 0.338 e. The minimum atomic E-state index is -0.384. The maximum absolute atomic E-state index is 13.2. The molecule has 1 unspecified atom stereocenters. The number of hydrogen-bond donors (Lipinski definition) is 2. The van der Waals surface area contributed by atoms with Gasteiger partial charge in [0.15, 0.2) is 13.1 Å². The standard InChI is InChI=1S/C20H28FN3O2/c1-23(13-19(25)22-18-8-4-7-17(21)11-18)14-20(26)24-10-9-15-5-2-3-6-16(15)12-24/h4,7-8,11,15-16H,2-3,5-6,9-10,12-14H2,1H3,(H,22,25)/p+1/t15-,16-/m1/s1. The van der Waals surface area contributed by atoms with Gasteiger partial charge in [-0.05, 0) is 42.9 Å². The van der Waals surface area contributed by atoms with Crippen LogP contribution in [-0.2, 0) is 9.59 Å². The van der Waals surface area contributed by atoms with Crippen LogP contribution >= 0.6 is 0 Å². The minimum Gasteiger partial charge on any atom is -0.338 e. The first-order valence-corrected chi connectivity index (χ1v) is 9.66. The molecule has 2 amide bonds. The third kappa shape index (κ3) is 5.04. The number of fused-ring (bicyclic) bond motifs is 1. The fourth-order valence-electron chi connectivity index (χ4n) is 4.31. The summed E-state index contributed by atoms with van der Waals surface area (Å²) in [5.74, 6) is 0.995. The fourth-order valence-corrected chi connectivity index (χ4v) is 4.31. The first kappa shape index (κ1) is 18.8. The summed E-state index contributed by atoms with van der Waals surface area (Å²) in [5, 5.41) is 2.68. The Balaban J connectivity index is 1.44. The van der Waals surface area contributed by atoms with Crippen LogP contribution in [0, 0.1) is 17.7 Å². The second kappa shape index (κ2) is 8.62. The van der Waals surface area contributed by atoms with Gasteiger partial charge in [-0.1, -0.05) is 25.3 Å². The number of anilines is 1. The van der Waals surface area contributed by atoms with Crippen molar-refractivity contribution in [3.8, 4) is 0 Å². The summed E-state index contributed by atoms with van der Waals surface area (Å²) in [7, 11) is 1.84. The molecule has 0 aromatic heterocycles. The van der Waals surface area contributed by atoms with E-state index in [1.165, 1.54) is 37.8 Å². The van der Waals surface area contributed by atoms with Gasteiger partial charge in [-0.3, -0.25) is 9.59 Å². The van der Waals surface area contributed by atoms with Crippen LogP contribution in [0.25, 0.3) is 0 Å². The summed E-state index contributed by atoms with van der Waals surface area (Å²) in [4.78, 5) is 27.5. The van der Waals surface area contributed by atoms with E-state index in [0.29, 0.717) is 18.2 Å². The maximum atomic E-state index is 13.2. The van der Waals surface area contributed by atoms with Gasteiger partial charge in [-0.2, -0.15) is 0 Å². The van der Waals surface area contributed by atoms with Gasteiger partial charge in [0.05, 0.1) is 7.05 Å². The number of amides is 2. The van der Waals surface area contributed by atoms with E-state index in [2.05, 4.69) is 5.32 Å². The number of carbonyl (C=O) groups is 2. The first-order valence-electron chi connectivity index (χ1n) is 9.66. The molecular formula is C20H29FN3O2+. The lowest BCUT2D eigenvalue weighted by molar-refractivity contribution is -0.862. The van der Waals surface area contributed by atoms with Crippen molar-refractivity contribution in [3.05, 3.63) is 30.1 Å². The highest BCUT2D eigenvalue weighted by atomic mass is 19.1. The van der Waals surface area contributed by atoms with Crippen LogP contribution in [0.3, 0.4) is 0 Å². The van der Waals surface area contributed by atoms with Crippen molar-refractivity contribution in [1.82, 2.24) is 4.90 Å². The number of benzene rings is 1. The average Bonchev–Trinajstić information content (AvgIpc) is 2.61. The van der Waals surface area contributed by atoms with E-state index in [0.717, 1.165) is 30.3 Å². The number of quaternary nitrogens is 1. The lowest BCUT2D eigenvalue weighted by atomic mass is 9.75. The Morgan fingerprint density at radius 2 is 1.96 bits per heavy atom. The molecule has 3 rings (SSSR count). The van der Waals surface area contributed by atoms with Gasteiger partial charge in [0.2, 0.25) is 0 Å². The van der Waals surface area contributed by atoms with Crippen molar-refractivity contribution < 1.29 is 18.9 Å². The zero-order valence-corrected chi connectivity index (χ0v) is 15.5. The lowest BCUT2D eigenvalue weighted by Gasteiger charge is -2.41. The molecule has 1 aromatic carbocycles. The fraction of sp³-hybridized carbons (Fsp3) is 0.600. The van der Waals surface area contributed by atoms with Crippen LogP contribution in [0.2, 0.25) is 0 Å². The molecule has 6 heteroatoms. The van der Waals surface area contributed by atoms with Gasteiger partial charge in [-0.15, -0.1) is 0 Å². The van der Waals surface area contributed by atoms with Gasteiger partial charge < -0.3 is 15.1 Å². The molecule has 1 aliphatic carbocycles. The predicted molar refractivity (Wildman–Crippen MR) is 98.3 cm³/mol. The van der Waals surface area contributed by atoms with Gasteiger partial charge in [-0.25, -0.2) is 4.39 Å².